The Hall–Kier alpha value is -8.42. The summed E-state index contributed by atoms with van der Waals surface area (Å²) in [5.41, 5.74) is 19.5. The fourth-order valence-electron chi connectivity index (χ4n) is 10.5. The predicted molar refractivity (Wildman–Crippen MR) is 271 cm³/mol. The number of nitrogens with one attached hydrogen (secondary N) is 4. The molecule has 6 aromatic heterocycles. The van der Waals surface area contributed by atoms with Gasteiger partial charge in [0.1, 0.15) is 36.2 Å². The molecule has 0 bridgehead atoms. The fourth-order valence-corrected chi connectivity index (χ4v) is 10.5. The smallest absolute Gasteiger partial charge is 0.237 e. The Morgan fingerprint density at radius 1 is 0.625 bits per heavy atom. The summed E-state index contributed by atoms with van der Waals surface area (Å²) in [5.74, 6) is 0.911. The zero-order valence-corrected chi connectivity index (χ0v) is 40.3. The zero-order valence-electron chi connectivity index (χ0n) is 40.3. The van der Waals surface area contributed by atoms with Crippen LogP contribution in [0.1, 0.15) is 47.9 Å². The topological polar surface area (TPSA) is 240 Å². The maximum atomic E-state index is 15.4. The molecule has 72 heavy (non-hydrogen) atoms. The van der Waals surface area contributed by atoms with Gasteiger partial charge in [0.2, 0.25) is 23.6 Å². The van der Waals surface area contributed by atoms with Crippen molar-refractivity contribution in [3.63, 3.8) is 0 Å². The number of pyridine rings is 4. The first-order chi connectivity index (χ1) is 34.7. The highest BCUT2D eigenvalue weighted by Crippen LogP contribution is 2.55. The number of carbonyl (C=O) groups is 2. The van der Waals surface area contributed by atoms with Crippen LogP contribution in [0, 0.1) is 49.2 Å². The molecule has 2 saturated carbocycles. The van der Waals surface area contributed by atoms with E-state index in [0.29, 0.717) is 93.5 Å². The number of nitrogens with two attached hydrogens (primary N) is 2. The summed E-state index contributed by atoms with van der Waals surface area (Å²) >= 11 is 0. The summed E-state index contributed by atoms with van der Waals surface area (Å²) in [4.78, 5) is 43.4. The van der Waals surface area contributed by atoms with E-state index in [-0.39, 0.29) is 58.7 Å². The Kier molecular flexibility index (Phi) is 11.3. The van der Waals surface area contributed by atoms with Gasteiger partial charge in [0.15, 0.2) is 11.6 Å². The summed E-state index contributed by atoms with van der Waals surface area (Å²) in [6.45, 7) is 10.3. The molecular weight excluding hydrogens is 923 g/mol. The fraction of sp³-hybridized carbons (Fsp3) is 0.308. The van der Waals surface area contributed by atoms with Gasteiger partial charge in [-0.05, 0) is 83.0 Å². The molecule has 2 amide bonds. The van der Waals surface area contributed by atoms with Crippen LogP contribution in [-0.4, -0.2) is 77.6 Å². The highest BCUT2D eigenvalue weighted by atomic mass is 19.1. The highest BCUT2D eigenvalue weighted by Gasteiger charge is 2.54. The van der Waals surface area contributed by atoms with Gasteiger partial charge in [0, 0.05) is 121 Å². The predicted octanol–water partition coefficient (Wildman–Crippen LogP) is 7.71. The van der Waals surface area contributed by atoms with Crippen LogP contribution in [0.25, 0.3) is 43.8 Å². The van der Waals surface area contributed by atoms with Gasteiger partial charge in [-0.2, -0.15) is 10.2 Å². The molecule has 18 nitrogen and oxygen atoms in total. The van der Waals surface area contributed by atoms with E-state index in [0.717, 1.165) is 33.6 Å². The summed E-state index contributed by atoms with van der Waals surface area (Å²) < 4.78 is 45.5. The highest BCUT2D eigenvalue weighted by molar-refractivity contribution is 6.03. The molecule has 2 aliphatic carbocycles. The van der Waals surface area contributed by atoms with Crippen LogP contribution in [-0.2, 0) is 23.7 Å². The first kappa shape index (κ1) is 46.0. The second-order valence-electron chi connectivity index (χ2n) is 19.1. The van der Waals surface area contributed by atoms with E-state index in [4.69, 9.17) is 20.9 Å². The van der Waals surface area contributed by atoms with Gasteiger partial charge < -0.3 is 42.2 Å². The van der Waals surface area contributed by atoms with E-state index >= 15 is 8.78 Å². The number of fused-ring (bicyclic) bond motifs is 4. The molecule has 0 radical (unpaired) electrons. The number of halogens is 2. The van der Waals surface area contributed by atoms with Crippen LogP contribution < -0.4 is 42.2 Å². The molecule has 0 unspecified atom stereocenters. The number of anilines is 6. The monoisotopic (exact) mass is 974 g/mol. The molecule has 0 saturated heterocycles. The summed E-state index contributed by atoms with van der Waals surface area (Å²) in [5, 5.41) is 23.1. The van der Waals surface area contributed by atoms with Crippen LogP contribution in [0.3, 0.4) is 0 Å². The van der Waals surface area contributed by atoms with Gasteiger partial charge in [-0.15, -0.1) is 0 Å². The number of carbonyl (C=O) groups excluding carboxylic acids is 2. The number of rotatable bonds is 8. The molecule has 20 heteroatoms. The minimum Gasteiger partial charge on any atom is -0.474 e. The Morgan fingerprint density at radius 2 is 1.04 bits per heavy atom. The van der Waals surface area contributed by atoms with Gasteiger partial charge in [-0.25, -0.2) is 28.7 Å². The molecule has 0 spiro atoms. The molecule has 2 aromatic carbocycles. The van der Waals surface area contributed by atoms with E-state index in [2.05, 4.69) is 65.2 Å². The maximum absolute atomic E-state index is 15.4. The van der Waals surface area contributed by atoms with Crippen molar-refractivity contribution in [2.24, 2.45) is 37.8 Å². The normalized spacial score (nSPS) is 20.4. The van der Waals surface area contributed by atoms with Crippen molar-refractivity contribution < 1.29 is 27.8 Å². The second kappa shape index (κ2) is 17.8. The maximum Gasteiger partial charge on any atom is 0.237 e. The van der Waals surface area contributed by atoms with Crippen molar-refractivity contribution in [3.05, 3.63) is 108 Å². The first-order valence-electron chi connectivity index (χ1n) is 23.7. The van der Waals surface area contributed by atoms with Crippen LogP contribution in [0.15, 0.2) is 73.8 Å². The molecule has 8 heterocycles. The third-order valence-electron chi connectivity index (χ3n) is 14.6. The van der Waals surface area contributed by atoms with Gasteiger partial charge in [-0.1, -0.05) is 13.8 Å². The zero-order chi connectivity index (χ0) is 50.3. The van der Waals surface area contributed by atoms with E-state index in [9.17, 15) is 9.59 Å². The molecule has 6 atom stereocenters. The lowest BCUT2D eigenvalue weighted by Gasteiger charge is -2.22. The number of aryl methyl sites for hydroxylation is 2. The number of hydrogen-bond acceptors (Lipinski definition) is 14. The van der Waals surface area contributed by atoms with Gasteiger partial charge >= 0.3 is 0 Å². The molecule has 2 aliphatic heterocycles. The van der Waals surface area contributed by atoms with Gasteiger partial charge in [0.25, 0.3) is 0 Å². The summed E-state index contributed by atoms with van der Waals surface area (Å²) in [7, 11) is 3.72. The molecule has 4 aliphatic rings. The van der Waals surface area contributed by atoms with Crippen molar-refractivity contribution in [3.8, 4) is 34.0 Å². The minimum absolute atomic E-state index is 0.00154. The summed E-state index contributed by atoms with van der Waals surface area (Å²) in [6.07, 6.45) is 13.7. The lowest BCUT2D eigenvalue weighted by Crippen LogP contribution is -2.20. The second-order valence-corrected chi connectivity index (χ2v) is 19.1. The third-order valence-corrected chi connectivity index (χ3v) is 14.6. The standard InChI is InChI=1S/2C26H26FN7O2/c2*1-12-17(9-31-26-24(12)29-4-5-36-26)16-6-14-7-19(30-10-18(14)23(28)22(16)27)33-25(35)21-13(2)20(21)15-8-32-34(3)11-15/h2*6-11,13,20-21,29H,4-5,28H2,1-3H3,(H,30,33,35)/t2*13-,20-,21+/m10/s1. The number of ether oxygens (including phenoxy) is 2. The van der Waals surface area contributed by atoms with E-state index in [1.807, 2.05) is 40.3 Å². The molecule has 8 N–H and O–H groups in total. The molecule has 8 aromatic rings. The Balaban J connectivity index is 0.000000156. The Morgan fingerprint density at radius 3 is 1.43 bits per heavy atom. The van der Waals surface area contributed by atoms with Crippen molar-refractivity contribution in [2.75, 3.05) is 59.0 Å². The SMILES string of the molecule is Cc1c(-c2cc3cc(NC(=O)[C@@H]4[C@@H](C)[C@H]4c4cnn(C)c4)ncc3c(N)c2F)cnc2c1NCCO2.Cc1c(-c2cc3cc(NC(=O)[C@H]4[C@H](C)[C@@H]4c4cnn(C)c4)ncc3c(N)c2F)cnc2c1NCCO2. The van der Waals surface area contributed by atoms with E-state index in [1.165, 1.54) is 12.4 Å². The molecule has 368 valence electrons. The number of hydrogen-bond donors (Lipinski definition) is 6. The van der Waals surface area contributed by atoms with Crippen molar-refractivity contribution in [1.29, 1.82) is 0 Å². The van der Waals surface area contributed by atoms with Crippen molar-refractivity contribution in [1.82, 2.24) is 39.5 Å². The first-order valence-corrected chi connectivity index (χ1v) is 23.7. The van der Waals surface area contributed by atoms with Gasteiger partial charge in [0.05, 0.1) is 23.8 Å². The number of nitrogen functional groups attached to an aromatic ring is 2. The van der Waals surface area contributed by atoms with Crippen LogP contribution >= 0.6 is 0 Å². The Labute approximate surface area is 411 Å². The van der Waals surface area contributed by atoms with Crippen molar-refractivity contribution in [2.45, 2.75) is 39.5 Å². The Bertz CT molecular complexity index is 3290. The number of benzene rings is 2. The third kappa shape index (κ3) is 8.05. The van der Waals surface area contributed by atoms with Crippen LogP contribution in [0.5, 0.6) is 11.8 Å². The quantitative estimate of drug-likeness (QED) is 0.0800. The summed E-state index contributed by atoms with van der Waals surface area (Å²) in [6, 6.07) is 6.88. The number of aromatic nitrogens is 8. The molecule has 12 rings (SSSR count). The number of nitrogens with zero attached hydrogens (tertiary/aromatic N) is 8. The minimum atomic E-state index is -0.534. The average Bonchev–Trinajstić information content (AvgIpc) is 4.08. The van der Waals surface area contributed by atoms with Crippen LogP contribution in [0.4, 0.5) is 43.2 Å². The van der Waals surface area contributed by atoms with Crippen LogP contribution in [0.2, 0.25) is 0 Å². The van der Waals surface area contributed by atoms with Gasteiger partial charge in [-0.3, -0.25) is 19.0 Å². The lowest BCUT2D eigenvalue weighted by atomic mass is 9.97. The molecule has 2 fully saturated rings. The molecular formula is C52H52F2N14O4. The average molecular weight is 975 g/mol. The van der Waals surface area contributed by atoms with E-state index < -0.39 is 11.6 Å². The van der Waals surface area contributed by atoms with E-state index in [1.54, 1.807) is 58.4 Å². The number of amides is 2. The lowest BCUT2D eigenvalue weighted by molar-refractivity contribution is -0.118. The largest absolute Gasteiger partial charge is 0.474 e. The van der Waals surface area contributed by atoms with Crippen molar-refractivity contribution >= 4 is 67.7 Å².